The standard InChI is InChI=1S/C11H10BrCl3N2O4S/c12-8-4-2-1-3-7(8)9-5-20-10(16-9)17-22(18,19)21-6-11(13,14)15/h1-4,9H,5-6H2,(H,16,17). The van der Waals surface area contributed by atoms with Crippen LogP contribution in [0.5, 0.6) is 0 Å². The zero-order chi connectivity index (χ0) is 16.4. The number of ether oxygens (including phenoxy) is 1. The van der Waals surface area contributed by atoms with Crippen molar-refractivity contribution in [3.8, 4) is 0 Å². The van der Waals surface area contributed by atoms with Gasteiger partial charge in [-0.05, 0) is 11.6 Å². The van der Waals surface area contributed by atoms with E-state index in [1.54, 1.807) is 0 Å². The Morgan fingerprint density at radius 3 is 2.73 bits per heavy atom. The van der Waals surface area contributed by atoms with Gasteiger partial charge in [-0.15, -0.1) is 0 Å². The number of aliphatic imine (C=N–C) groups is 1. The Bertz CT molecular complexity index is 678. The number of amidine groups is 1. The van der Waals surface area contributed by atoms with Gasteiger partial charge in [0.25, 0.3) is 0 Å². The van der Waals surface area contributed by atoms with Crippen molar-refractivity contribution in [2.75, 3.05) is 13.2 Å². The van der Waals surface area contributed by atoms with Crippen LogP contribution < -0.4 is 4.72 Å². The molecule has 1 heterocycles. The summed E-state index contributed by atoms with van der Waals surface area (Å²) >= 11 is 19.7. The minimum atomic E-state index is -4.18. The third-order valence-corrected chi connectivity index (χ3v) is 4.41. The molecular formula is C11H10BrCl3N2O4S. The lowest BCUT2D eigenvalue weighted by atomic mass is 10.1. The van der Waals surface area contributed by atoms with Crippen molar-refractivity contribution in [1.29, 1.82) is 0 Å². The fraction of sp³-hybridized carbons (Fsp3) is 0.364. The van der Waals surface area contributed by atoms with E-state index >= 15 is 0 Å². The maximum Gasteiger partial charge on any atom is 0.363 e. The molecule has 1 aromatic carbocycles. The molecule has 0 aromatic heterocycles. The maximum absolute atomic E-state index is 11.7. The van der Waals surface area contributed by atoms with Crippen LogP contribution in [-0.2, 0) is 19.2 Å². The highest BCUT2D eigenvalue weighted by Gasteiger charge is 2.28. The molecule has 0 aliphatic carbocycles. The van der Waals surface area contributed by atoms with Crippen LogP contribution in [0.25, 0.3) is 0 Å². The van der Waals surface area contributed by atoms with Crippen LogP contribution in [0, 0.1) is 0 Å². The second kappa shape index (κ2) is 7.11. The molecule has 11 heteroatoms. The number of alkyl halides is 3. The summed E-state index contributed by atoms with van der Waals surface area (Å²) in [7, 11) is -4.18. The number of nitrogens with one attached hydrogen (secondary N) is 1. The van der Waals surface area contributed by atoms with E-state index < -0.39 is 20.7 Å². The van der Waals surface area contributed by atoms with Gasteiger partial charge in [0.05, 0.1) is 0 Å². The molecule has 22 heavy (non-hydrogen) atoms. The Labute approximate surface area is 151 Å². The Morgan fingerprint density at radius 2 is 2.09 bits per heavy atom. The zero-order valence-electron chi connectivity index (χ0n) is 10.8. The van der Waals surface area contributed by atoms with Crippen molar-refractivity contribution in [2.45, 2.75) is 9.83 Å². The number of benzene rings is 1. The largest absolute Gasteiger partial charge is 0.462 e. The van der Waals surface area contributed by atoms with E-state index in [1.807, 2.05) is 29.0 Å². The van der Waals surface area contributed by atoms with Gasteiger partial charge in [0.15, 0.2) is 0 Å². The fourth-order valence-corrected chi connectivity index (χ4v) is 3.24. The molecule has 0 amide bonds. The average Bonchev–Trinajstić information content (AvgIpc) is 2.84. The third-order valence-electron chi connectivity index (χ3n) is 2.51. The van der Waals surface area contributed by atoms with Crippen LogP contribution in [0.2, 0.25) is 0 Å². The van der Waals surface area contributed by atoms with E-state index in [1.165, 1.54) is 0 Å². The number of hydrogen-bond acceptors (Lipinski definition) is 5. The summed E-state index contributed by atoms with van der Waals surface area (Å²) in [5.41, 5.74) is 0.874. The van der Waals surface area contributed by atoms with E-state index in [0.717, 1.165) is 10.0 Å². The zero-order valence-corrected chi connectivity index (χ0v) is 15.5. The maximum atomic E-state index is 11.7. The molecule has 1 unspecified atom stereocenters. The molecule has 6 nitrogen and oxygen atoms in total. The molecule has 0 bridgehead atoms. The molecule has 1 N–H and O–H groups in total. The van der Waals surface area contributed by atoms with Gasteiger partial charge >= 0.3 is 16.3 Å². The van der Waals surface area contributed by atoms with Crippen LogP contribution in [0.4, 0.5) is 0 Å². The second-order valence-corrected chi connectivity index (χ2v) is 8.93. The highest BCUT2D eigenvalue weighted by atomic mass is 79.9. The lowest BCUT2D eigenvalue weighted by Crippen LogP contribution is -2.34. The van der Waals surface area contributed by atoms with Crippen molar-refractivity contribution < 1.29 is 17.3 Å². The molecule has 0 fully saturated rings. The smallest absolute Gasteiger partial charge is 0.363 e. The topological polar surface area (TPSA) is 77.0 Å². The van der Waals surface area contributed by atoms with Crippen LogP contribution in [0.3, 0.4) is 0 Å². The number of rotatable bonds is 4. The summed E-state index contributed by atoms with van der Waals surface area (Å²) in [5, 5.41) is 0. The fourth-order valence-electron chi connectivity index (χ4n) is 1.62. The SMILES string of the molecule is O=S(=O)(NC1=NC(c2ccccc2Br)CO1)OCC(Cl)(Cl)Cl. The van der Waals surface area contributed by atoms with Gasteiger partial charge in [-0.2, -0.15) is 8.42 Å². The van der Waals surface area contributed by atoms with Crippen LogP contribution >= 0.6 is 50.7 Å². The van der Waals surface area contributed by atoms with Gasteiger partial charge < -0.3 is 4.74 Å². The summed E-state index contributed by atoms with van der Waals surface area (Å²) in [4.78, 5) is 4.14. The summed E-state index contributed by atoms with van der Waals surface area (Å²) in [5.74, 6) is 0. The molecule has 0 saturated carbocycles. The first-order valence-electron chi connectivity index (χ1n) is 5.85. The molecule has 122 valence electrons. The van der Waals surface area contributed by atoms with E-state index in [0.29, 0.717) is 0 Å². The Hall–Kier alpha value is -0.250. The van der Waals surface area contributed by atoms with Gasteiger partial charge in [0, 0.05) is 4.47 Å². The lowest BCUT2D eigenvalue weighted by Gasteiger charge is -2.11. The molecule has 0 spiro atoms. The van der Waals surface area contributed by atoms with Crippen LogP contribution in [-0.4, -0.2) is 31.4 Å². The van der Waals surface area contributed by atoms with Crippen LogP contribution in [0.1, 0.15) is 11.6 Å². The predicted molar refractivity (Wildman–Crippen MR) is 88.6 cm³/mol. The number of halogens is 4. The molecule has 0 saturated heterocycles. The lowest BCUT2D eigenvalue weighted by molar-refractivity contribution is 0.299. The van der Waals surface area contributed by atoms with E-state index in [4.69, 9.17) is 39.5 Å². The van der Waals surface area contributed by atoms with Crippen molar-refractivity contribution >= 4 is 67.1 Å². The minimum Gasteiger partial charge on any atom is -0.462 e. The van der Waals surface area contributed by atoms with Crippen LogP contribution in [0.15, 0.2) is 33.7 Å². The van der Waals surface area contributed by atoms with Crippen molar-refractivity contribution in [2.24, 2.45) is 4.99 Å². The Kier molecular flexibility index (Phi) is 5.84. The van der Waals surface area contributed by atoms with Gasteiger partial charge in [0.2, 0.25) is 3.79 Å². The van der Waals surface area contributed by atoms with Crippen molar-refractivity contribution in [3.05, 3.63) is 34.3 Å². The molecule has 1 aromatic rings. The average molecular weight is 453 g/mol. The molecule has 2 rings (SSSR count). The molecule has 1 atom stereocenters. The number of nitrogens with zero attached hydrogens (tertiary/aromatic N) is 1. The summed E-state index contributed by atoms with van der Waals surface area (Å²) in [6, 6.07) is 6.92. The first-order valence-corrected chi connectivity index (χ1v) is 9.19. The van der Waals surface area contributed by atoms with Crippen molar-refractivity contribution in [3.63, 3.8) is 0 Å². The predicted octanol–water partition coefficient (Wildman–Crippen LogP) is 3.10. The van der Waals surface area contributed by atoms with E-state index in [2.05, 4.69) is 25.1 Å². The normalized spacial score (nSPS) is 18.7. The summed E-state index contributed by atoms with van der Waals surface area (Å²) in [6.45, 7) is -0.432. The van der Waals surface area contributed by atoms with Gasteiger partial charge in [-0.3, -0.25) is 0 Å². The summed E-state index contributed by atoms with van der Waals surface area (Å²) < 4.78 is 34.1. The quantitative estimate of drug-likeness (QED) is 0.713. The first kappa shape index (κ1) is 18.1. The molecule has 1 aliphatic rings. The Balaban J connectivity index is 2.03. The van der Waals surface area contributed by atoms with Crippen molar-refractivity contribution in [1.82, 2.24) is 4.72 Å². The minimum absolute atomic E-state index is 0.176. The monoisotopic (exact) mass is 450 g/mol. The second-order valence-electron chi connectivity index (χ2n) is 4.22. The van der Waals surface area contributed by atoms with Gasteiger partial charge in [0.1, 0.15) is 19.3 Å². The molecule has 1 aliphatic heterocycles. The molecule has 0 radical (unpaired) electrons. The number of hydrogen-bond donors (Lipinski definition) is 1. The highest BCUT2D eigenvalue weighted by Crippen LogP contribution is 2.29. The molecular weight excluding hydrogens is 442 g/mol. The summed E-state index contributed by atoms with van der Waals surface area (Å²) in [6.07, 6.45) is 0. The third kappa shape index (κ3) is 5.43. The van der Waals surface area contributed by atoms with E-state index in [9.17, 15) is 8.42 Å². The Morgan fingerprint density at radius 1 is 1.41 bits per heavy atom. The van der Waals surface area contributed by atoms with Gasteiger partial charge in [-0.25, -0.2) is 13.9 Å². The van der Waals surface area contributed by atoms with E-state index in [-0.39, 0.29) is 18.7 Å². The van der Waals surface area contributed by atoms with Gasteiger partial charge in [-0.1, -0.05) is 68.9 Å². The first-order chi connectivity index (χ1) is 10.2. The highest BCUT2D eigenvalue weighted by molar-refractivity contribution is 9.10.